The van der Waals surface area contributed by atoms with Crippen molar-refractivity contribution in [3.63, 3.8) is 0 Å². The summed E-state index contributed by atoms with van der Waals surface area (Å²) in [5.74, 6) is -2.99. The summed E-state index contributed by atoms with van der Waals surface area (Å²) in [5, 5.41) is 3.24. The lowest BCUT2D eigenvalue weighted by Gasteiger charge is -2.19. The fraction of sp³-hybridized carbons (Fsp3) is 0.194. The number of rotatable bonds is 7. The summed E-state index contributed by atoms with van der Waals surface area (Å²) in [5.41, 5.74) is 2.46. The van der Waals surface area contributed by atoms with E-state index in [1.807, 2.05) is 13.0 Å². The van der Waals surface area contributed by atoms with Gasteiger partial charge < -0.3 is 10.1 Å². The predicted molar refractivity (Wildman–Crippen MR) is 149 cm³/mol. The van der Waals surface area contributed by atoms with Crippen LogP contribution >= 0.6 is 11.6 Å². The van der Waals surface area contributed by atoms with Crippen LogP contribution in [0.2, 0.25) is 5.02 Å². The van der Waals surface area contributed by atoms with Crippen LogP contribution in [0.5, 0.6) is 0 Å². The van der Waals surface area contributed by atoms with Gasteiger partial charge in [-0.25, -0.2) is 9.69 Å². The standard InChI is InChI=1S/C31H25ClN2O6/c1-18-6-15-23-25(16-18)30(38)34(29(23)37)26-5-3-2-4-24(26)28(36)33-22-13-9-20(10-14-22)31(39)40-17-27(35)19-7-11-21(32)12-8-19/h2-14,23,25H,15-17H2,1H3,(H,33,36)/t23-,25+/m1/s1. The quantitative estimate of drug-likeness (QED) is 0.179. The van der Waals surface area contributed by atoms with E-state index < -0.39 is 30.3 Å². The molecule has 5 rings (SSSR count). The highest BCUT2D eigenvalue weighted by atomic mass is 35.5. The number of nitrogens with zero attached hydrogens (tertiary/aromatic N) is 1. The van der Waals surface area contributed by atoms with Gasteiger partial charge in [-0.2, -0.15) is 0 Å². The first-order valence-electron chi connectivity index (χ1n) is 12.7. The maximum Gasteiger partial charge on any atom is 0.338 e. The van der Waals surface area contributed by atoms with Crippen molar-refractivity contribution in [1.29, 1.82) is 0 Å². The molecule has 3 aromatic carbocycles. The van der Waals surface area contributed by atoms with Crippen molar-refractivity contribution in [2.24, 2.45) is 11.8 Å². The van der Waals surface area contributed by atoms with Gasteiger partial charge in [0.1, 0.15) is 0 Å². The monoisotopic (exact) mass is 556 g/mol. The normalized spacial score (nSPS) is 18.1. The summed E-state index contributed by atoms with van der Waals surface area (Å²) in [6.45, 7) is 1.52. The highest BCUT2D eigenvalue weighted by Gasteiger charge is 2.49. The average molecular weight is 557 g/mol. The minimum Gasteiger partial charge on any atom is -0.454 e. The zero-order chi connectivity index (χ0) is 28.4. The fourth-order valence-corrected chi connectivity index (χ4v) is 5.08. The van der Waals surface area contributed by atoms with E-state index >= 15 is 0 Å². The highest BCUT2D eigenvalue weighted by molar-refractivity contribution is 6.30. The Kier molecular flexibility index (Phi) is 7.62. The molecule has 0 bridgehead atoms. The molecule has 2 aliphatic rings. The minimum atomic E-state index is -0.692. The van der Waals surface area contributed by atoms with E-state index in [4.69, 9.17) is 16.3 Å². The van der Waals surface area contributed by atoms with Crippen molar-refractivity contribution in [1.82, 2.24) is 0 Å². The summed E-state index contributed by atoms with van der Waals surface area (Å²) < 4.78 is 5.12. The molecule has 202 valence electrons. The number of allylic oxidation sites excluding steroid dienone is 2. The zero-order valence-corrected chi connectivity index (χ0v) is 22.3. The maximum atomic E-state index is 13.2. The number of esters is 1. The van der Waals surface area contributed by atoms with Crippen LogP contribution in [0.15, 0.2) is 84.4 Å². The molecule has 8 nitrogen and oxygen atoms in total. The number of nitrogens with one attached hydrogen (secondary N) is 1. The first-order chi connectivity index (χ1) is 19.2. The second kappa shape index (κ2) is 11.3. The van der Waals surface area contributed by atoms with Gasteiger partial charge in [0.15, 0.2) is 12.4 Å². The lowest BCUT2D eigenvalue weighted by molar-refractivity contribution is -0.122. The van der Waals surface area contributed by atoms with Crippen molar-refractivity contribution in [3.8, 4) is 0 Å². The van der Waals surface area contributed by atoms with Crippen molar-refractivity contribution in [3.05, 3.63) is 106 Å². The van der Waals surface area contributed by atoms with Crippen molar-refractivity contribution in [2.45, 2.75) is 19.8 Å². The molecule has 1 aliphatic heterocycles. The molecule has 40 heavy (non-hydrogen) atoms. The predicted octanol–water partition coefficient (Wildman–Crippen LogP) is 5.48. The van der Waals surface area contributed by atoms with E-state index in [9.17, 15) is 24.0 Å². The van der Waals surface area contributed by atoms with Gasteiger partial charge in [0.05, 0.1) is 28.7 Å². The van der Waals surface area contributed by atoms with Gasteiger partial charge >= 0.3 is 5.97 Å². The Balaban J connectivity index is 1.24. The van der Waals surface area contributed by atoms with Gasteiger partial charge in [-0.05, 0) is 80.4 Å². The highest BCUT2D eigenvalue weighted by Crippen LogP contribution is 2.40. The van der Waals surface area contributed by atoms with Crippen LogP contribution in [0.4, 0.5) is 11.4 Å². The molecule has 0 unspecified atom stereocenters. The molecule has 3 amide bonds. The number of carbonyl (C=O) groups is 5. The number of para-hydroxylation sites is 1. The fourth-order valence-electron chi connectivity index (χ4n) is 4.96. The Hall–Kier alpha value is -4.56. The van der Waals surface area contributed by atoms with Gasteiger partial charge in [-0.1, -0.05) is 35.4 Å². The third-order valence-corrected chi connectivity index (χ3v) is 7.34. The molecular formula is C31H25ClN2O6. The molecule has 1 saturated heterocycles. The van der Waals surface area contributed by atoms with E-state index in [0.717, 1.165) is 10.5 Å². The molecule has 0 saturated carbocycles. The molecular weight excluding hydrogens is 532 g/mol. The second-order valence-electron chi connectivity index (χ2n) is 9.77. The lowest BCUT2D eigenvalue weighted by Crippen LogP contribution is -2.33. The van der Waals surface area contributed by atoms with E-state index in [0.29, 0.717) is 29.1 Å². The minimum absolute atomic E-state index is 0.178. The number of fused-ring (bicyclic) bond motifs is 1. The van der Waals surface area contributed by atoms with Gasteiger partial charge in [0.25, 0.3) is 5.91 Å². The Morgan fingerprint density at radius 3 is 2.27 bits per heavy atom. The van der Waals surface area contributed by atoms with E-state index in [2.05, 4.69) is 5.32 Å². The molecule has 9 heteroatoms. The number of imide groups is 1. The number of anilines is 2. The van der Waals surface area contributed by atoms with Crippen LogP contribution in [-0.2, 0) is 14.3 Å². The molecule has 1 aliphatic carbocycles. The van der Waals surface area contributed by atoms with Crippen molar-refractivity contribution >= 4 is 52.4 Å². The molecule has 1 fully saturated rings. The average Bonchev–Trinajstić information content (AvgIpc) is 3.20. The molecule has 0 spiro atoms. The summed E-state index contributed by atoms with van der Waals surface area (Å²) >= 11 is 5.83. The summed E-state index contributed by atoms with van der Waals surface area (Å²) in [6, 6.07) is 18.7. The number of hydrogen-bond donors (Lipinski definition) is 1. The van der Waals surface area contributed by atoms with Crippen LogP contribution < -0.4 is 10.2 Å². The third-order valence-electron chi connectivity index (χ3n) is 7.09. The Labute approximate surface area is 235 Å². The Morgan fingerprint density at radius 1 is 0.900 bits per heavy atom. The molecule has 1 N–H and O–H groups in total. The number of carbonyl (C=O) groups excluding carboxylic acids is 5. The lowest BCUT2D eigenvalue weighted by atomic mass is 9.82. The number of ether oxygens (including phenoxy) is 1. The van der Waals surface area contributed by atoms with Crippen LogP contribution in [0, 0.1) is 11.8 Å². The number of benzene rings is 3. The van der Waals surface area contributed by atoms with E-state index in [1.165, 1.54) is 24.3 Å². The van der Waals surface area contributed by atoms with Crippen LogP contribution in [-0.4, -0.2) is 36.1 Å². The summed E-state index contributed by atoms with van der Waals surface area (Å²) in [4.78, 5) is 65.4. The van der Waals surface area contributed by atoms with Crippen molar-refractivity contribution in [2.75, 3.05) is 16.8 Å². The van der Waals surface area contributed by atoms with Crippen molar-refractivity contribution < 1.29 is 28.7 Å². The van der Waals surface area contributed by atoms with E-state index in [1.54, 1.807) is 48.5 Å². The number of halogens is 1. The number of ketones is 1. The largest absolute Gasteiger partial charge is 0.454 e. The molecule has 0 aromatic heterocycles. The number of Topliss-reactive ketones (excluding diaryl/α,β-unsaturated/α-hetero) is 1. The van der Waals surface area contributed by atoms with Gasteiger partial charge in [0.2, 0.25) is 11.8 Å². The smallest absolute Gasteiger partial charge is 0.338 e. The Bertz CT molecular complexity index is 1540. The SMILES string of the molecule is CC1=CC[C@H]2C(=O)N(c3ccccc3C(=O)Nc3ccc(C(=O)OCC(=O)c4ccc(Cl)cc4)cc3)C(=O)[C@H]2C1. The summed E-state index contributed by atoms with van der Waals surface area (Å²) in [6.07, 6.45) is 3.03. The zero-order valence-electron chi connectivity index (χ0n) is 21.6. The van der Waals surface area contributed by atoms with Crippen LogP contribution in [0.3, 0.4) is 0 Å². The first kappa shape index (κ1) is 27.0. The molecule has 3 aromatic rings. The van der Waals surface area contributed by atoms with Crippen LogP contribution in [0.1, 0.15) is 50.8 Å². The summed E-state index contributed by atoms with van der Waals surface area (Å²) in [7, 11) is 0. The van der Waals surface area contributed by atoms with Gasteiger partial charge in [-0.3, -0.25) is 19.2 Å². The third kappa shape index (κ3) is 5.44. The Morgan fingerprint density at radius 2 is 1.55 bits per heavy atom. The molecule has 0 radical (unpaired) electrons. The topological polar surface area (TPSA) is 110 Å². The maximum absolute atomic E-state index is 13.2. The van der Waals surface area contributed by atoms with Gasteiger partial charge in [-0.15, -0.1) is 0 Å². The van der Waals surface area contributed by atoms with E-state index in [-0.39, 0.29) is 34.4 Å². The molecule has 1 heterocycles. The molecule has 2 atom stereocenters. The number of amides is 3. The van der Waals surface area contributed by atoms with Crippen LogP contribution in [0.25, 0.3) is 0 Å². The van der Waals surface area contributed by atoms with Gasteiger partial charge in [0, 0.05) is 16.3 Å². The number of hydrogen-bond acceptors (Lipinski definition) is 6. The second-order valence-corrected chi connectivity index (χ2v) is 10.2. The first-order valence-corrected chi connectivity index (χ1v) is 13.1.